The fraction of sp³-hybridized carbons (Fsp3) is 0.750. The van der Waals surface area contributed by atoms with Crippen LogP contribution in [0.3, 0.4) is 0 Å². The Morgan fingerprint density at radius 3 is 3.00 bits per heavy atom. The van der Waals surface area contributed by atoms with Crippen LogP contribution >= 0.6 is 0 Å². The van der Waals surface area contributed by atoms with Crippen LogP contribution < -0.4 is 5.32 Å². The molecule has 0 spiro atoms. The van der Waals surface area contributed by atoms with E-state index in [0.29, 0.717) is 0 Å². The van der Waals surface area contributed by atoms with Crippen LogP contribution in [0.4, 0.5) is 0 Å². The normalized spacial score (nSPS) is 10.9. The minimum atomic E-state index is 0.773. The first-order chi connectivity index (χ1) is 7.88. The van der Waals surface area contributed by atoms with Crippen LogP contribution in [0.1, 0.15) is 32.5 Å². The predicted octanol–water partition coefficient (Wildman–Crippen LogP) is 1.81. The summed E-state index contributed by atoms with van der Waals surface area (Å²) < 4.78 is 7.69. The number of unbranched alkanes of at least 4 members (excludes halogenated alkanes) is 1. The van der Waals surface area contributed by atoms with E-state index in [9.17, 15) is 0 Å². The Balaban J connectivity index is 2.22. The third-order valence-corrected chi connectivity index (χ3v) is 2.45. The van der Waals surface area contributed by atoms with Gasteiger partial charge in [0, 0.05) is 25.5 Å². The number of hydrogen-bond donors (Lipinski definition) is 1. The zero-order valence-electron chi connectivity index (χ0n) is 10.4. The van der Waals surface area contributed by atoms with Crippen molar-refractivity contribution >= 4 is 0 Å². The Hall–Kier alpha value is -0.870. The molecule has 0 saturated carbocycles. The summed E-state index contributed by atoms with van der Waals surface area (Å²) in [5, 5.41) is 3.28. The second-order valence-electron chi connectivity index (χ2n) is 3.78. The van der Waals surface area contributed by atoms with Crippen LogP contribution in [-0.2, 0) is 17.8 Å². The minimum Gasteiger partial charge on any atom is -0.380 e. The first-order valence-corrected chi connectivity index (χ1v) is 6.17. The summed E-state index contributed by atoms with van der Waals surface area (Å²) in [4.78, 5) is 4.31. The van der Waals surface area contributed by atoms with Crippen molar-refractivity contribution in [3.63, 3.8) is 0 Å². The molecule has 0 aliphatic heterocycles. The Labute approximate surface area is 98.0 Å². The number of aromatic nitrogens is 2. The molecule has 92 valence electrons. The van der Waals surface area contributed by atoms with Crippen LogP contribution in [-0.4, -0.2) is 29.3 Å². The van der Waals surface area contributed by atoms with Crippen molar-refractivity contribution in [1.82, 2.24) is 14.9 Å². The maximum absolute atomic E-state index is 5.54. The van der Waals surface area contributed by atoms with Crippen LogP contribution in [0.5, 0.6) is 0 Å². The fourth-order valence-electron chi connectivity index (χ4n) is 1.46. The average Bonchev–Trinajstić information content (AvgIpc) is 2.74. The molecule has 4 heteroatoms. The molecule has 0 amide bonds. The van der Waals surface area contributed by atoms with Crippen LogP contribution in [0, 0.1) is 0 Å². The van der Waals surface area contributed by atoms with E-state index in [4.69, 9.17) is 4.74 Å². The molecule has 1 aromatic heterocycles. The van der Waals surface area contributed by atoms with E-state index in [1.807, 2.05) is 12.4 Å². The van der Waals surface area contributed by atoms with Gasteiger partial charge in [0.2, 0.25) is 0 Å². The molecule has 4 nitrogen and oxygen atoms in total. The van der Waals surface area contributed by atoms with Crippen molar-refractivity contribution in [1.29, 1.82) is 0 Å². The monoisotopic (exact) mass is 225 g/mol. The summed E-state index contributed by atoms with van der Waals surface area (Å²) in [5.74, 6) is 1.08. The Morgan fingerprint density at radius 2 is 2.25 bits per heavy atom. The van der Waals surface area contributed by atoms with Gasteiger partial charge in [-0.1, -0.05) is 20.3 Å². The third-order valence-electron chi connectivity index (χ3n) is 2.45. The van der Waals surface area contributed by atoms with E-state index in [2.05, 4.69) is 28.7 Å². The van der Waals surface area contributed by atoms with Crippen molar-refractivity contribution in [3.05, 3.63) is 18.2 Å². The van der Waals surface area contributed by atoms with Gasteiger partial charge in [0.1, 0.15) is 5.82 Å². The van der Waals surface area contributed by atoms with Gasteiger partial charge in [-0.25, -0.2) is 4.98 Å². The topological polar surface area (TPSA) is 39.1 Å². The van der Waals surface area contributed by atoms with E-state index in [1.165, 1.54) is 6.42 Å². The maximum atomic E-state index is 5.54. The molecule has 1 aromatic rings. The van der Waals surface area contributed by atoms with E-state index in [-0.39, 0.29) is 0 Å². The number of rotatable bonds is 9. The molecule has 1 N–H and O–H groups in total. The molecule has 0 saturated heterocycles. The molecular weight excluding hydrogens is 202 g/mol. The Kier molecular flexibility index (Phi) is 6.85. The molecule has 0 aromatic carbocycles. The van der Waals surface area contributed by atoms with Gasteiger partial charge in [0.05, 0.1) is 13.2 Å². The lowest BCUT2D eigenvalue weighted by Gasteiger charge is -2.08. The first-order valence-electron chi connectivity index (χ1n) is 6.17. The van der Waals surface area contributed by atoms with E-state index >= 15 is 0 Å². The van der Waals surface area contributed by atoms with Gasteiger partial charge in [0.15, 0.2) is 0 Å². The van der Waals surface area contributed by atoms with Gasteiger partial charge in [0.25, 0.3) is 0 Å². The highest BCUT2D eigenvalue weighted by atomic mass is 16.5. The van der Waals surface area contributed by atoms with Gasteiger partial charge < -0.3 is 14.6 Å². The molecule has 0 bridgehead atoms. The third kappa shape index (κ3) is 4.77. The SMILES string of the molecule is CCCCOCCn1ccnc1CNCC. The molecule has 0 unspecified atom stereocenters. The highest BCUT2D eigenvalue weighted by Crippen LogP contribution is 1.98. The summed E-state index contributed by atoms with van der Waals surface area (Å²) in [5.41, 5.74) is 0. The van der Waals surface area contributed by atoms with Gasteiger partial charge >= 0.3 is 0 Å². The highest BCUT2D eigenvalue weighted by molar-refractivity contribution is 4.91. The smallest absolute Gasteiger partial charge is 0.122 e. The Morgan fingerprint density at radius 1 is 1.38 bits per heavy atom. The quantitative estimate of drug-likeness (QED) is 0.651. The number of imidazole rings is 1. The van der Waals surface area contributed by atoms with Crippen molar-refractivity contribution in [3.8, 4) is 0 Å². The van der Waals surface area contributed by atoms with Gasteiger partial charge in [-0.3, -0.25) is 0 Å². The summed E-state index contributed by atoms with van der Waals surface area (Å²) >= 11 is 0. The zero-order chi connectivity index (χ0) is 11.6. The van der Waals surface area contributed by atoms with E-state index in [0.717, 1.165) is 45.1 Å². The molecule has 1 heterocycles. The standard InChI is InChI=1S/C12H23N3O/c1-3-5-9-16-10-8-15-7-6-14-12(15)11-13-4-2/h6-7,13H,3-5,8-11H2,1-2H3. The lowest BCUT2D eigenvalue weighted by molar-refractivity contribution is 0.123. The van der Waals surface area contributed by atoms with Crippen molar-refractivity contribution in [2.24, 2.45) is 0 Å². The summed E-state index contributed by atoms with van der Waals surface area (Å²) in [6.07, 6.45) is 6.19. The van der Waals surface area contributed by atoms with E-state index in [1.54, 1.807) is 0 Å². The van der Waals surface area contributed by atoms with Gasteiger partial charge in [-0.15, -0.1) is 0 Å². The minimum absolute atomic E-state index is 0.773. The number of ether oxygens (including phenoxy) is 1. The number of hydrogen-bond acceptors (Lipinski definition) is 3. The summed E-state index contributed by atoms with van der Waals surface area (Å²) in [7, 11) is 0. The first kappa shape index (κ1) is 13.2. The largest absolute Gasteiger partial charge is 0.380 e. The predicted molar refractivity (Wildman–Crippen MR) is 65.3 cm³/mol. The second-order valence-corrected chi connectivity index (χ2v) is 3.78. The molecule has 1 rings (SSSR count). The van der Waals surface area contributed by atoms with Gasteiger partial charge in [-0.2, -0.15) is 0 Å². The number of nitrogens with zero attached hydrogens (tertiary/aromatic N) is 2. The van der Waals surface area contributed by atoms with Crippen LogP contribution in [0.2, 0.25) is 0 Å². The van der Waals surface area contributed by atoms with Gasteiger partial charge in [-0.05, 0) is 13.0 Å². The Bertz CT molecular complexity index is 273. The molecule has 0 fully saturated rings. The fourth-order valence-corrected chi connectivity index (χ4v) is 1.46. The second kappa shape index (κ2) is 8.30. The zero-order valence-corrected chi connectivity index (χ0v) is 10.4. The molecule has 0 aliphatic rings. The maximum Gasteiger partial charge on any atom is 0.122 e. The van der Waals surface area contributed by atoms with E-state index < -0.39 is 0 Å². The lowest BCUT2D eigenvalue weighted by atomic mass is 10.4. The van der Waals surface area contributed by atoms with Crippen LogP contribution in [0.25, 0.3) is 0 Å². The molecule has 0 aliphatic carbocycles. The molecule has 16 heavy (non-hydrogen) atoms. The van der Waals surface area contributed by atoms with Crippen LogP contribution in [0.15, 0.2) is 12.4 Å². The molecule has 0 radical (unpaired) electrons. The molecule has 0 atom stereocenters. The summed E-state index contributed by atoms with van der Waals surface area (Å²) in [6, 6.07) is 0. The van der Waals surface area contributed by atoms with Crippen molar-refractivity contribution in [2.75, 3.05) is 19.8 Å². The van der Waals surface area contributed by atoms with Crippen molar-refractivity contribution < 1.29 is 4.74 Å². The lowest BCUT2D eigenvalue weighted by Crippen LogP contribution is -2.17. The average molecular weight is 225 g/mol. The molecular formula is C12H23N3O. The summed E-state index contributed by atoms with van der Waals surface area (Å²) in [6.45, 7) is 8.61. The highest BCUT2D eigenvalue weighted by Gasteiger charge is 2.01. The van der Waals surface area contributed by atoms with Crippen molar-refractivity contribution in [2.45, 2.75) is 39.8 Å². The number of nitrogens with one attached hydrogen (secondary N) is 1.